The van der Waals surface area contributed by atoms with E-state index in [2.05, 4.69) is 5.32 Å². The van der Waals surface area contributed by atoms with Gasteiger partial charge in [-0.3, -0.25) is 9.59 Å². The van der Waals surface area contributed by atoms with E-state index >= 15 is 0 Å². The number of nitrogens with one attached hydrogen (secondary N) is 1. The summed E-state index contributed by atoms with van der Waals surface area (Å²) in [5.74, 6) is -0.0206. The lowest BCUT2D eigenvalue weighted by atomic mass is 10.1. The lowest BCUT2D eigenvalue weighted by Crippen LogP contribution is -2.40. The minimum atomic E-state index is -0.272. The van der Waals surface area contributed by atoms with Gasteiger partial charge in [-0.1, -0.05) is 0 Å². The maximum absolute atomic E-state index is 11.4. The van der Waals surface area contributed by atoms with Gasteiger partial charge >= 0.3 is 5.97 Å². The van der Waals surface area contributed by atoms with Crippen LogP contribution < -0.4 is 11.1 Å². The number of primary amides is 1. The summed E-state index contributed by atoms with van der Waals surface area (Å²) in [6.07, 6.45) is 4.21. The summed E-state index contributed by atoms with van der Waals surface area (Å²) in [5, 5.41) is 3.18. The molecule has 1 atom stereocenters. The smallest absolute Gasteiger partial charge is 0.323 e. The van der Waals surface area contributed by atoms with Crippen molar-refractivity contribution in [1.29, 1.82) is 0 Å². The summed E-state index contributed by atoms with van der Waals surface area (Å²) in [6.45, 7) is 0.726. The summed E-state index contributed by atoms with van der Waals surface area (Å²) in [4.78, 5) is 21.9. The molecule has 1 unspecified atom stereocenters. The van der Waals surface area contributed by atoms with Crippen molar-refractivity contribution in [1.82, 2.24) is 5.32 Å². The minimum absolute atomic E-state index is 0.168. The first-order valence-corrected chi connectivity index (χ1v) is 5.74. The number of amides is 1. The first kappa shape index (κ1) is 13.0. The molecule has 0 spiro atoms. The van der Waals surface area contributed by atoms with Crippen molar-refractivity contribution < 1.29 is 14.3 Å². The monoisotopic (exact) mass is 228 g/mol. The average Bonchev–Trinajstić information content (AvgIpc) is 3.05. The standard InChI is InChI=1S/C11H20N2O3/c1-16-11(15)10(8-5-6-8)13-7-3-2-4-9(12)14/h8,10,13H,2-7H2,1H3,(H2,12,14). The quantitative estimate of drug-likeness (QED) is 0.459. The molecular formula is C11H20N2O3. The second-order valence-corrected chi connectivity index (χ2v) is 4.22. The van der Waals surface area contributed by atoms with E-state index in [0.29, 0.717) is 12.3 Å². The lowest BCUT2D eigenvalue weighted by molar-refractivity contribution is -0.143. The first-order valence-electron chi connectivity index (χ1n) is 5.74. The Labute approximate surface area is 95.7 Å². The van der Waals surface area contributed by atoms with Gasteiger partial charge in [0.15, 0.2) is 0 Å². The largest absolute Gasteiger partial charge is 0.468 e. The molecule has 0 bridgehead atoms. The average molecular weight is 228 g/mol. The summed E-state index contributed by atoms with van der Waals surface area (Å²) >= 11 is 0. The molecule has 1 aliphatic carbocycles. The predicted molar refractivity (Wildman–Crippen MR) is 59.6 cm³/mol. The zero-order chi connectivity index (χ0) is 12.0. The lowest BCUT2D eigenvalue weighted by Gasteiger charge is -2.15. The van der Waals surface area contributed by atoms with Crippen molar-refractivity contribution >= 4 is 11.9 Å². The SMILES string of the molecule is COC(=O)C(NCCCCC(N)=O)C1CC1. The number of methoxy groups -OCH3 is 1. The molecule has 0 saturated heterocycles. The Morgan fingerprint density at radius 3 is 2.62 bits per heavy atom. The summed E-state index contributed by atoms with van der Waals surface area (Å²) in [5.41, 5.74) is 5.03. The van der Waals surface area contributed by atoms with Crippen LogP contribution in [0.15, 0.2) is 0 Å². The van der Waals surface area contributed by atoms with Gasteiger partial charge in [-0.05, 0) is 38.1 Å². The number of ether oxygens (including phenoxy) is 1. The molecule has 0 aromatic rings. The van der Waals surface area contributed by atoms with E-state index in [1.54, 1.807) is 0 Å². The van der Waals surface area contributed by atoms with Gasteiger partial charge in [0, 0.05) is 6.42 Å². The number of hydrogen-bond acceptors (Lipinski definition) is 4. The zero-order valence-electron chi connectivity index (χ0n) is 9.70. The third-order valence-electron chi connectivity index (χ3n) is 2.76. The molecule has 0 aliphatic heterocycles. The van der Waals surface area contributed by atoms with Gasteiger partial charge in [-0.25, -0.2) is 0 Å². The molecule has 5 nitrogen and oxygen atoms in total. The van der Waals surface area contributed by atoms with Crippen LogP contribution in [0.5, 0.6) is 0 Å². The van der Waals surface area contributed by atoms with E-state index < -0.39 is 0 Å². The van der Waals surface area contributed by atoms with Crippen LogP contribution >= 0.6 is 0 Å². The Balaban J connectivity index is 2.13. The molecule has 0 aromatic heterocycles. The van der Waals surface area contributed by atoms with Gasteiger partial charge in [0.25, 0.3) is 0 Å². The topological polar surface area (TPSA) is 81.4 Å². The normalized spacial score (nSPS) is 16.8. The van der Waals surface area contributed by atoms with Crippen LogP contribution in [0.1, 0.15) is 32.1 Å². The molecule has 3 N–H and O–H groups in total. The second-order valence-electron chi connectivity index (χ2n) is 4.22. The summed E-state index contributed by atoms with van der Waals surface area (Å²) < 4.78 is 4.73. The molecule has 1 amide bonds. The van der Waals surface area contributed by atoms with Gasteiger partial charge in [0.05, 0.1) is 7.11 Å². The first-order chi connectivity index (χ1) is 7.65. The van der Waals surface area contributed by atoms with E-state index in [0.717, 1.165) is 32.2 Å². The molecule has 0 aromatic carbocycles. The molecule has 0 heterocycles. The molecule has 1 fully saturated rings. The number of carbonyl (C=O) groups is 2. The van der Waals surface area contributed by atoms with Crippen LogP contribution in [0.2, 0.25) is 0 Å². The number of rotatable bonds is 8. The number of esters is 1. The van der Waals surface area contributed by atoms with E-state index in [4.69, 9.17) is 10.5 Å². The maximum Gasteiger partial charge on any atom is 0.323 e. The van der Waals surface area contributed by atoms with Crippen LogP contribution in [0.3, 0.4) is 0 Å². The Hall–Kier alpha value is -1.10. The number of nitrogens with two attached hydrogens (primary N) is 1. The van der Waals surface area contributed by atoms with E-state index in [1.807, 2.05) is 0 Å². The molecule has 16 heavy (non-hydrogen) atoms. The molecule has 1 saturated carbocycles. The molecule has 1 rings (SSSR count). The van der Waals surface area contributed by atoms with Crippen LogP contribution in [0, 0.1) is 5.92 Å². The van der Waals surface area contributed by atoms with Crippen molar-refractivity contribution in [2.24, 2.45) is 11.7 Å². The second kappa shape index (κ2) is 6.48. The summed E-state index contributed by atoms with van der Waals surface area (Å²) in [7, 11) is 1.41. The van der Waals surface area contributed by atoms with Crippen molar-refractivity contribution in [3.05, 3.63) is 0 Å². The van der Waals surface area contributed by atoms with Gasteiger partial charge in [-0.15, -0.1) is 0 Å². The Bertz CT molecular complexity index is 252. The molecule has 1 aliphatic rings. The number of carbonyl (C=O) groups excluding carboxylic acids is 2. The Kier molecular flexibility index (Phi) is 5.25. The van der Waals surface area contributed by atoms with E-state index in [1.165, 1.54) is 7.11 Å². The van der Waals surface area contributed by atoms with Gasteiger partial charge in [0.1, 0.15) is 6.04 Å². The molecular weight excluding hydrogens is 208 g/mol. The van der Waals surface area contributed by atoms with Crippen molar-refractivity contribution in [3.8, 4) is 0 Å². The third kappa shape index (κ3) is 4.61. The molecule has 92 valence electrons. The maximum atomic E-state index is 11.4. The van der Waals surface area contributed by atoms with Crippen LogP contribution in [0.4, 0.5) is 0 Å². The Morgan fingerprint density at radius 1 is 1.44 bits per heavy atom. The third-order valence-corrected chi connectivity index (χ3v) is 2.76. The van der Waals surface area contributed by atoms with Crippen LogP contribution in [-0.4, -0.2) is 31.6 Å². The molecule has 0 radical (unpaired) electrons. The number of unbranched alkanes of at least 4 members (excludes halogenated alkanes) is 1. The van der Waals surface area contributed by atoms with Crippen LogP contribution in [0.25, 0.3) is 0 Å². The highest BCUT2D eigenvalue weighted by Crippen LogP contribution is 2.33. The van der Waals surface area contributed by atoms with E-state index in [9.17, 15) is 9.59 Å². The fraction of sp³-hybridized carbons (Fsp3) is 0.818. The fourth-order valence-electron chi connectivity index (χ4n) is 1.68. The highest BCUT2D eigenvalue weighted by Gasteiger charge is 2.36. The zero-order valence-corrected chi connectivity index (χ0v) is 9.70. The van der Waals surface area contributed by atoms with E-state index in [-0.39, 0.29) is 17.9 Å². The fourth-order valence-corrected chi connectivity index (χ4v) is 1.68. The van der Waals surface area contributed by atoms with Crippen molar-refractivity contribution in [2.45, 2.75) is 38.1 Å². The van der Waals surface area contributed by atoms with Gasteiger partial charge < -0.3 is 15.8 Å². The number of hydrogen-bond donors (Lipinski definition) is 2. The minimum Gasteiger partial charge on any atom is -0.468 e. The highest BCUT2D eigenvalue weighted by atomic mass is 16.5. The predicted octanol–water partition coefficient (Wildman–Crippen LogP) is 0.183. The van der Waals surface area contributed by atoms with Gasteiger partial charge in [-0.2, -0.15) is 0 Å². The summed E-state index contributed by atoms with van der Waals surface area (Å²) in [6, 6.07) is -0.168. The Morgan fingerprint density at radius 2 is 2.12 bits per heavy atom. The van der Waals surface area contributed by atoms with Crippen LogP contribution in [-0.2, 0) is 14.3 Å². The van der Waals surface area contributed by atoms with Gasteiger partial charge in [0.2, 0.25) is 5.91 Å². The van der Waals surface area contributed by atoms with Crippen molar-refractivity contribution in [3.63, 3.8) is 0 Å². The molecule has 5 heteroatoms. The highest BCUT2D eigenvalue weighted by molar-refractivity contribution is 5.76. The van der Waals surface area contributed by atoms with Crippen molar-refractivity contribution in [2.75, 3.05) is 13.7 Å².